The first-order valence-electron chi connectivity index (χ1n) is 6.70. The van der Waals surface area contributed by atoms with Crippen molar-refractivity contribution in [3.8, 4) is 0 Å². The molecule has 2 N–H and O–H groups in total. The summed E-state index contributed by atoms with van der Waals surface area (Å²) in [7, 11) is 3.63. The van der Waals surface area contributed by atoms with E-state index in [-0.39, 0.29) is 10.3 Å². The number of amides is 1. The fraction of sp³-hybridized carbons (Fsp3) is 0.125. The molecule has 1 aromatic rings. The number of hydrogen-bond acceptors (Lipinski definition) is 3. The summed E-state index contributed by atoms with van der Waals surface area (Å²) in [4.78, 5) is 16.6. The summed E-state index contributed by atoms with van der Waals surface area (Å²) in [6.45, 7) is 0. The molecule has 111 valence electrons. The largest absolute Gasteiger partial charge is 0.361 e. The highest BCUT2D eigenvalue weighted by Crippen LogP contribution is 2.38. The Labute approximate surface area is 127 Å². The Kier molecular flexibility index (Phi) is 3.27. The zero-order valence-corrected chi connectivity index (χ0v) is 12.2. The number of carbonyl (C=O) groups is 1. The maximum absolute atomic E-state index is 13.5. The fourth-order valence-corrected chi connectivity index (χ4v) is 2.73. The van der Waals surface area contributed by atoms with Crippen molar-refractivity contribution in [2.24, 2.45) is 10.7 Å². The predicted octanol–water partition coefficient (Wildman–Crippen LogP) is 1.57. The second-order valence-electron chi connectivity index (χ2n) is 5.20. The summed E-state index contributed by atoms with van der Waals surface area (Å²) in [5.41, 5.74) is 6.78. The Morgan fingerprint density at radius 2 is 2.18 bits per heavy atom. The number of nitrogens with zero attached hydrogens (tertiary/aromatic N) is 3. The molecule has 0 aromatic heterocycles. The molecule has 0 saturated carbocycles. The van der Waals surface area contributed by atoms with Crippen molar-refractivity contribution in [2.45, 2.75) is 0 Å². The van der Waals surface area contributed by atoms with Crippen LogP contribution in [0.15, 0.2) is 53.3 Å². The number of aliphatic imine (C=N–C) groups is 1. The van der Waals surface area contributed by atoms with Gasteiger partial charge in [-0.3, -0.25) is 4.79 Å². The molecule has 3 rings (SSSR count). The van der Waals surface area contributed by atoms with E-state index in [1.54, 1.807) is 35.5 Å². The number of allylic oxidation sites excluding steroid dienone is 2. The third kappa shape index (κ3) is 1.93. The van der Waals surface area contributed by atoms with Crippen LogP contribution in [0.5, 0.6) is 0 Å². The number of amidine groups is 1. The van der Waals surface area contributed by atoms with Gasteiger partial charge in [0.25, 0.3) is 11.5 Å². The van der Waals surface area contributed by atoms with Crippen molar-refractivity contribution < 1.29 is 13.8 Å². The first-order valence-corrected chi connectivity index (χ1v) is 6.70. The molecule has 0 bridgehead atoms. The van der Waals surface area contributed by atoms with Gasteiger partial charge in [0, 0.05) is 31.8 Å². The summed E-state index contributed by atoms with van der Waals surface area (Å²) >= 11 is 0. The third-order valence-electron chi connectivity index (χ3n) is 3.70. The molecule has 2 heterocycles. The van der Waals surface area contributed by atoms with Crippen LogP contribution in [0, 0.1) is 11.9 Å². The van der Waals surface area contributed by atoms with Gasteiger partial charge in [-0.1, -0.05) is 12.1 Å². The quantitative estimate of drug-likeness (QED) is 0.861. The average Bonchev–Trinajstić information content (AvgIpc) is 2.83. The summed E-state index contributed by atoms with van der Waals surface area (Å²) < 4.78 is 13.5. The minimum Gasteiger partial charge on any atom is -0.361 e. The van der Waals surface area contributed by atoms with Gasteiger partial charge in [-0.2, -0.15) is 4.99 Å². The van der Waals surface area contributed by atoms with Crippen LogP contribution in [-0.2, 0) is 4.79 Å². The van der Waals surface area contributed by atoms with Crippen molar-refractivity contribution >= 4 is 17.4 Å². The lowest BCUT2D eigenvalue weighted by molar-refractivity contribution is -0.864. The van der Waals surface area contributed by atoms with Gasteiger partial charge in [0.1, 0.15) is 17.7 Å². The second kappa shape index (κ2) is 5.01. The van der Waals surface area contributed by atoms with Crippen LogP contribution in [0.25, 0.3) is 5.70 Å². The summed E-state index contributed by atoms with van der Waals surface area (Å²) in [6.07, 6.45) is 8.11. The molecule has 1 atom stereocenters. The van der Waals surface area contributed by atoms with Gasteiger partial charge in [0.05, 0.1) is 0 Å². The molecule has 0 spiro atoms. The van der Waals surface area contributed by atoms with E-state index in [2.05, 4.69) is 11.1 Å². The van der Waals surface area contributed by atoms with E-state index in [0.29, 0.717) is 17.1 Å². The third-order valence-corrected chi connectivity index (χ3v) is 3.70. The Balaban J connectivity index is 2.30. The molecule has 2 aliphatic heterocycles. The second-order valence-corrected chi connectivity index (χ2v) is 5.20. The standard InChI is InChI=1S/C16H14FN4O/c1-20(2)21-9-4-3-8-13(21)19-14(15(21)16(18)22)11-6-5-7-12(17)10-11/h4-10H,1-2H3,(H-,18,22)/p+1. The fourth-order valence-electron chi connectivity index (χ4n) is 2.73. The number of rotatable bonds is 3. The number of carbonyl (C=O) groups excluding carboxylic acids is 1. The SMILES string of the molecule is CN(C)[N+]12C=C[C]=CC1=NC(c1cccc(F)c1)=C2C(N)=O. The highest BCUT2D eigenvalue weighted by Gasteiger charge is 2.50. The van der Waals surface area contributed by atoms with Crippen molar-refractivity contribution in [1.29, 1.82) is 0 Å². The topological polar surface area (TPSA) is 58.7 Å². The lowest BCUT2D eigenvalue weighted by Gasteiger charge is -2.36. The summed E-state index contributed by atoms with van der Waals surface area (Å²) in [5.74, 6) is -0.417. The van der Waals surface area contributed by atoms with Crippen LogP contribution in [-0.4, -0.2) is 35.4 Å². The van der Waals surface area contributed by atoms with E-state index >= 15 is 0 Å². The van der Waals surface area contributed by atoms with Crippen LogP contribution in [0.3, 0.4) is 0 Å². The van der Waals surface area contributed by atoms with E-state index in [0.717, 1.165) is 0 Å². The summed E-state index contributed by atoms with van der Waals surface area (Å²) in [5, 5.41) is 1.80. The number of quaternary nitrogens is 1. The molecule has 6 heteroatoms. The number of halogens is 1. The van der Waals surface area contributed by atoms with Gasteiger partial charge < -0.3 is 5.73 Å². The number of fused-ring (bicyclic) bond motifs is 1. The van der Waals surface area contributed by atoms with Crippen LogP contribution >= 0.6 is 0 Å². The van der Waals surface area contributed by atoms with E-state index in [4.69, 9.17) is 5.73 Å². The molecule has 0 saturated heterocycles. The Hall–Kier alpha value is -2.57. The molecule has 1 aromatic carbocycles. The molecule has 0 aliphatic carbocycles. The molecule has 1 radical (unpaired) electrons. The zero-order chi connectivity index (χ0) is 15.9. The molecule has 1 amide bonds. The van der Waals surface area contributed by atoms with Gasteiger partial charge in [-0.25, -0.2) is 4.39 Å². The van der Waals surface area contributed by atoms with Gasteiger partial charge >= 0.3 is 5.91 Å². The monoisotopic (exact) mass is 298 g/mol. The van der Waals surface area contributed by atoms with Crippen molar-refractivity contribution in [1.82, 2.24) is 5.01 Å². The van der Waals surface area contributed by atoms with E-state index in [9.17, 15) is 9.18 Å². The highest BCUT2D eigenvalue weighted by molar-refractivity contribution is 6.07. The van der Waals surface area contributed by atoms with Gasteiger partial charge in [0.15, 0.2) is 0 Å². The number of hydrogen-bond donors (Lipinski definition) is 1. The van der Waals surface area contributed by atoms with Crippen LogP contribution < -0.4 is 5.73 Å². The predicted molar refractivity (Wildman–Crippen MR) is 80.8 cm³/mol. The molecule has 2 aliphatic rings. The van der Waals surface area contributed by atoms with Gasteiger partial charge in [-0.15, -0.1) is 9.60 Å². The normalized spacial score (nSPS) is 23.0. The van der Waals surface area contributed by atoms with Gasteiger partial charge in [0.2, 0.25) is 0 Å². The maximum atomic E-state index is 13.5. The average molecular weight is 298 g/mol. The van der Waals surface area contributed by atoms with Gasteiger partial charge in [-0.05, 0) is 18.2 Å². The Morgan fingerprint density at radius 3 is 2.82 bits per heavy atom. The molecular weight excluding hydrogens is 283 g/mol. The molecule has 1 unspecified atom stereocenters. The Morgan fingerprint density at radius 1 is 1.41 bits per heavy atom. The van der Waals surface area contributed by atoms with E-state index in [1.165, 1.54) is 12.1 Å². The smallest absolute Gasteiger partial charge is 0.308 e. The molecule has 0 fully saturated rings. The first-order chi connectivity index (χ1) is 10.5. The maximum Gasteiger partial charge on any atom is 0.308 e. The lowest BCUT2D eigenvalue weighted by Crippen LogP contribution is -2.57. The van der Waals surface area contributed by atoms with Crippen LogP contribution in [0.1, 0.15) is 5.56 Å². The zero-order valence-electron chi connectivity index (χ0n) is 12.2. The van der Waals surface area contributed by atoms with Crippen molar-refractivity contribution in [3.63, 3.8) is 0 Å². The minimum absolute atomic E-state index is 0.0336. The van der Waals surface area contributed by atoms with Crippen LogP contribution in [0.2, 0.25) is 0 Å². The van der Waals surface area contributed by atoms with E-state index < -0.39 is 11.7 Å². The minimum atomic E-state index is -0.605. The lowest BCUT2D eigenvalue weighted by atomic mass is 10.1. The van der Waals surface area contributed by atoms with Crippen LogP contribution in [0.4, 0.5) is 4.39 Å². The van der Waals surface area contributed by atoms with Crippen molar-refractivity contribution in [3.05, 3.63) is 65.8 Å². The van der Waals surface area contributed by atoms with E-state index in [1.807, 2.05) is 14.1 Å². The highest BCUT2D eigenvalue weighted by atomic mass is 19.1. The van der Waals surface area contributed by atoms with Crippen molar-refractivity contribution in [2.75, 3.05) is 14.1 Å². The molecule has 22 heavy (non-hydrogen) atoms. The first kappa shape index (κ1) is 14.4. The Bertz CT molecular complexity index is 776. The summed E-state index contributed by atoms with van der Waals surface area (Å²) in [6, 6.07) is 5.95. The molecule has 5 nitrogen and oxygen atoms in total. The number of benzene rings is 1. The number of primary amides is 1. The molecular formula is C16H15FN4O+. The number of nitrogens with two attached hydrogens (primary N) is 1.